The minimum atomic E-state index is -4.59. The minimum absolute atomic E-state index is 0.103. The first kappa shape index (κ1) is 15.3. The summed E-state index contributed by atoms with van der Waals surface area (Å²) in [4.78, 5) is 14.9. The maximum Gasteiger partial charge on any atom is 0.434 e. The number of nitrogen functional groups attached to an aromatic ring is 1. The van der Waals surface area contributed by atoms with Crippen LogP contribution < -0.4 is 11.1 Å². The van der Waals surface area contributed by atoms with Crippen molar-refractivity contribution in [3.05, 3.63) is 34.8 Å². The molecule has 0 aliphatic carbocycles. The molecule has 0 saturated heterocycles. The average Bonchev–Trinajstić information content (AvgIpc) is 2.83. The summed E-state index contributed by atoms with van der Waals surface area (Å²) in [6.07, 6.45) is -4.94. The Morgan fingerprint density at radius 1 is 1.33 bits per heavy atom. The third-order valence-corrected chi connectivity index (χ3v) is 3.83. The Morgan fingerprint density at radius 2 is 1.95 bits per heavy atom. The second-order valence-electron chi connectivity index (χ2n) is 4.26. The van der Waals surface area contributed by atoms with Crippen LogP contribution in [0, 0.1) is 0 Å². The van der Waals surface area contributed by atoms with Crippen molar-refractivity contribution in [2.24, 2.45) is 0 Å². The molecule has 0 radical (unpaired) electrons. The third kappa shape index (κ3) is 3.52. The molecule has 0 spiro atoms. The van der Waals surface area contributed by atoms with Crippen LogP contribution in [0.25, 0.3) is 10.6 Å². The Hall–Kier alpha value is -2.09. The number of nitrogens with two attached hydrogens (primary N) is 1. The van der Waals surface area contributed by atoms with E-state index in [-0.39, 0.29) is 16.3 Å². The molecule has 0 saturated carbocycles. The Bertz CT molecular complexity index is 650. The van der Waals surface area contributed by atoms with E-state index in [1.165, 1.54) is 7.05 Å². The first-order chi connectivity index (χ1) is 9.81. The number of nitrogens with one attached hydrogen (secondary N) is 1. The standard InChI is InChI=1S/C13H12F3N3OS/c1-18-10(20)6-9-11(13(14,15)16)19-12(21-9)7-2-4-8(17)5-3-7/h2-5H,6,17H2,1H3,(H,18,20). The molecule has 0 bridgehead atoms. The fraction of sp³-hybridized carbons (Fsp3) is 0.231. The van der Waals surface area contributed by atoms with Crippen LogP contribution in [-0.2, 0) is 17.4 Å². The summed E-state index contributed by atoms with van der Waals surface area (Å²) in [7, 11) is 1.37. The van der Waals surface area contributed by atoms with Gasteiger partial charge in [-0.15, -0.1) is 11.3 Å². The number of likely N-dealkylation sites (N-methyl/N-ethyl adjacent to an activating group) is 1. The van der Waals surface area contributed by atoms with Crippen LogP contribution in [0.5, 0.6) is 0 Å². The summed E-state index contributed by atoms with van der Waals surface area (Å²) >= 11 is 0.856. The van der Waals surface area contributed by atoms with E-state index >= 15 is 0 Å². The summed E-state index contributed by atoms with van der Waals surface area (Å²) in [6.45, 7) is 0. The summed E-state index contributed by atoms with van der Waals surface area (Å²) in [5, 5.41) is 2.51. The molecule has 0 unspecified atom stereocenters. The number of thiazole rings is 1. The van der Waals surface area contributed by atoms with Crippen LogP contribution in [0.15, 0.2) is 24.3 Å². The van der Waals surface area contributed by atoms with Gasteiger partial charge in [-0.05, 0) is 24.3 Å². The molecule has 1 amide bonds. The van der Waals surface area contributed by atoms with Crippen LogP contribution in [-0.4, -0.2) is 17.9 Å². The van der Waals surface area contributed by atoms with E-state index in [1.807, 2.05) is 0 Å². The highest BCUT2D eigenvalue weighted by atomic mass is 32.1. The van der Waals surface area contributed by atoms with Crippen molar-refractivity contribution in [2.75, 3.05) is 12.8 Å². The molecule has 21 heavy (non-hydrogen) atoms. The number of halogens is 3. The van der Waals surface area contributed by atoms with Gasteiger partial charge >= 0.3 is 6.18 Å². The SMILES string of the molecule is CNC(=O)Cc1sc(-c2ccc(N)cc2)nc1C(F)(F)F. The molecule has 3 N–H and O–H groups in total. The van der Waals surface area contributed by atoms with E-state index in [2.05, 4.69) is 10.3 Å². The predicted molar refractivity (Wildman–Crippen MR) is 74.7 cm³/mol. The van der Waals surface area contributed by atoms with Gasteiger partial charge in [0.15, 0.2) is 5.69 Å². The summed E-state index contributed by atoms with van der Waals surface area (Å²) < 4.78 is 39.0. The average molecular weight is 315 g/mol. The maximum absolute atomic E-state index is 13.0. The Kier molecular flexibility index (Phi) is 4.17. The van der Waals surface area contributed by atoms with E-state index in [9.17, 15) is 18.0 Å². The quantitative estimate of drug-likeness (QED) is 0.856. The van der Waals surface area contributed by atoms with E-state index in [1.54, 1.807) is 24.3 Å². The van der Waals surface area contributed by atoms with Crippen LogP contribution >= 0.6 is 11.3 Å². The molecular formula is C13H12F3N3OS. The zero-order valence-electron chi connectivity index (χ0n) is 11.0. The number of alkyl halides is 3. The van der Waals surface area contributed by atoms with Crippen LogP contribution in [0.4, 0.5) is 18.9 Å². The van der Waals surface area contributed by atoms with Crippen LogP contribution in [0.1, 0.15) is 10.6 Å². The lowest BCUT2D eigenvalue weighted by Gasteiger charge is -2.05. The van der Waals surface area contributed by atoms with E-state index < -0.39 is 17.8 Å². The van der Waals surface area contributed by atoms with Crippen LogP contribution in [0.3, 0.4) is 0 Å². The monoisotopic (exact) mass is 315 g/mol. The molecule has 2 aromatic rings. The van der Waals surface area contributed by atoms with Gasteiger partial charge in [0.25, 0.3) is 0 Å². The zero-order chi connectivity index (χ0) is 15.6. The summed E-state index contributed by atoms with van der Waals surface area (Å²) in [5.41, 5.74) is 5.57. The number of hydrogen-bond acceptors (Lipinski definition) is 4. The molecule has 1 aromatic carbocycles. The van der Waals surface area contributed by atoms with Gasteiger partial charge < -0.3 is 11.1 Å². The van der Waals surface area contributed by atoms with E-state index in [0.717, 1.165) is 11.3 Å². The number of carbonyl (C=O) groups excluding carboxylic acids is 1. The van der Waals surface area contributed by atoms with Gasteiger partial charge in [-0.3, -0.25) is 4.79 Å². The first-order valence-electron chi connectivity index (χ1n) is 5.94. The van der Waals surface area contributed by atoms with Crippen LogP contribution in [0.2, 0.25) is 0 Å². The molecule has 2 rings (SSSR count). The lowest BCUT2D eigenvalue weighted by Crippen LogP contribution is -2.21. The van der Waals surface area contributed by atoms with E-state index in [0.29, 0.717) is 11.3 Å². The molecular weight excluding hydrogens is 303 g/mol. The van der Waals surface area contributed by atoms with Gasteiger partial charge in [0.2, 0.25) is 5.91 Å². The molecule has 0 aliphatic rings. The van der Waals surface area contributed by atoms with Gasteiger partial charge in [0.1, 0.15) is 5.01 Å². The van der Waals surface area contributed by atoms with Crippen molar-refractivity contribution in [2.45, 2.75) is 12.6 Å². The molecule has 4 nitrogen and oxygen atoms in total. The fourth-order valence-corrected chi connectivity index (χ4v) is 2.76. The smallest absolute Gasteiger partial charge is 0.399 e. The van der Waals surface area contributed by atoms with Crippen molar-refractivity contribution >= 4 is 22.9 Å². The third-order valence-electron chi connectivity index (χ3n) is 2.72. The lowest BCUT2D eigenvalue weighted by molar-refractivity contribution is -0.141. The number of benzene rings is 1. The highest BCUT2D eigenvalue weighted by molar-refractivity contribution is 7.15. The second kappa shape index (κ2) is 5.72. The lowest BCUT2D eigenvalue weighted by atomic mass is 10.2. The number of hydrogen-bond donors (Lipinski definition) is 2. The van der Waals surface area contributed by atoms with Crippen molar-refractivity contribution < 1.29 is 18.0 Å². The Labute approximate surface area is 122 Å². The molecule has 1 heterocycles. The van der Waals surface area contributed by atoms with Crippen molar-refractivity contribution in [1.29, 1.82) is 0 Å². The fourth-order valence-electron chi connectivity index (χ4n) is 1.68. The largest absolute Gasteiger partial charge is 0.434 e. The maximum atomic E-state index is 13.0. The van der Waals surface area contributed by atoms with Gasteiger partial charge in [-0.2, -0.15) is 13.2 Å². The van der Waals surface area contributed by atoms with Crippen molar-refractivity contribution in [3.63, 3.8) is 0 Å². The Morgan fingerprint density at radius 3 is 2.48 bits per heavy atom. The van der Waals surface area contributed by atoms with Crippen molar-refractivity contribution in [1.82, 2.24) is 10.3 Å². The highest BCUT2D eigenvalue weighted by Gasteiger charge is 2.37. The molecule has 112 valence electrons. The molecule has 8 heteroatoms. The number of amides is 1. The Balaban J connectivity index is 2.45. The summed E-state index contributed by atoms with van der Waals surface area (Å²) in [5.74, 6) is -0.493. The number of carbonyl (C=O) groups is 1. The molecule has 1 aromatic heterocycles. The number of nitrogens with zero attached hydrogens (tertiary/aromatic N) is 1. The number of aromatic nitrogens is 1. The van der Waals surface area contributed by atoms with Gasteiger partial charge in [0, 0.05) is 23.2 Å². The van der Waals surface area contributed by atoms with Crippen molar-refractivity contribution in [3.8, 4) is 10.6 Å². The topological polar surface area (TPSA) is 68.0 Å². The molecule has 0 fully saturated rings. The highest BCUT2D eigenvalue weighted by Crippen LogP contribution is 2.38. The number of anilines is 1. The normalized spacial score (nSPS) is 11.4. The second-order valence-corrected chi connectivity index (χ2v) is 5.34. The number of rotatable bonds is 3. The predicted octanol–water partition coefficient (Wildman–Crippen LogP) is 2.70. The zero-order valence-corrected chi connectivity index (χ0v) is 11.8. The molecule has 0 aliphatic heterocycles. The van der Waals surface area contributed by atoms with Gasteiger partial charge in [-0.1, -0.05) is 0 Å². The summed E-state index contributed by atoms with van der Waals surface area (Å²) in [6, 6.07) is 6.36. The van der Waals surface area contributed by atoms with Gasteiger partial charge in [-0.25, -0.2) is 4.98 Å². The molecule has 0 atom stereocenters. The minimum Gasteiger partial charge on any atom is -0.399 e. The van der Waals surface area contributed by atoms with Gasteiger partial charge in [0.05, 0.1) is 6.42 Å². The van der Waals surface area contributed by atoms with E-state index in [4.69, 9.17) is 5.73 Å². The first-order valence-corrected chi connectivity index (χ1v) is 6.76.